The van der Waals surface area contributed by atoms with E-state index in [2.05, 4.69) is 72.5 Å². The number of ether oxygens (including phenoxy) is 4. The lowest BCUT2D eigenvalue weighted by atomic mass is 10.0. The average Bonchev–Trinajstić information content (AvgIpc) is 1.62. The zero-order chi connectivity index (χ0) is 71.3. The minimum Gasteiger partial charge on any atom is -0.445 e. The van der Waals surface area contributed by atoms with E-state index >= 15 is 0 Å². The zero-order valence-electron chi connectivity index (χ0n) is 53.6. The van der Waals surface area contributed by atoms with Crippen molar-refractivity contribution in [1.82, 2.24) is 55.7 Å². The molecule has 41 heteroatoms. The molecule has 3 aromatic heterocycles. The third-order valence-corrected chi connectivity index (χ3v) is 17.5. The smallest absolute Gasteiger partial charge is 0.445 e. The monoisotopic (exact) mass is 1420 g/mol. The molecule has 3 aliphatic heterocycles. The Kier molecular flexibility index (Phi) is 24.2. The molecule has 0 spiro atoms. The second-order valence-electron chi connectivity index (χ2n) is 23.3. The van der Waals surface area contributed by atoms with Crippen molar-refractivity contribution in [3.8, 4) is 0 Å². The highest BCUT2D eigenvalue weighted by atomic mass is 31.2. The number of H-pyrrole nitrogens is 1. The van der Waals surface area contributed by atoms with Gasteiger partial charge < -0.3 is 76.3 Å². The number of alkyl carbamates (subject to hydrolysis) is 2. The van der Waals surface area contributed by atoms with Crippen LogP contribution in [0.1, 0.15) is 75.8 Å². The summed E-state index contributed by atoms with van der Waals surface area (Å²) in [4.78, 5) is 157. The molecule has 3 aliphatic rings. The van der Waals surface area contributed by atoms with Gasteiger partial charge in [-0.2, -0.15) is 4.98 Å². The van der Waals surface area contributed by atoms with E-state index in [1.165, 1.54) is 30.6 Å². The number of urea groups is 1. The van der Waals surface area contributed by atoms with Crippen LogP contribution >= 0.6 is 15.6 Å². The fourth-order valence-corrected chi connectivity index (χ4v) is 12.6. The normalized spacial score (nSPS) is 23.5. The minimum absolute atomic E-state index is 0.0278. The number of phosphoric acid groups is 2. The summed E-state index contributed by atoms with van der Waals surface area (Å²) in [5.41, 5.74) is 14.6. The molecule has 99 heavy (non-hydrogen) atoms. The van der Waals surface area contributed by atoms with Gasteiger partial charge in [-0.3, -0.25) is 61.7 Å². The number of carbonyl (C=O) groups excluding carboxylic acids is 8. The summed E-state index contributed by atoms with van der Waals surface area (Å²) < 4.78 is 77.3. The lowest BCUT2D eigenvalue weighted by Gasteiger charge is -2.29. The van der Waals surface area contributed by atoms with Crippen molar-refractivity contribution in [2.45, 2.75) is 109 Å². The van der Waals surface area contributed by atoms with Crippen molar-refractivity contribution in [3.63, 3.8) is 0 Å². The van der Waals surface area contributed by atoms with Gasteiger partial charge in [0, 0.05) is 47.6 Å². The Morgan fingerprint density at radius 2 is 1.42 bits per heavy atom. The summed E-state index contributed by atoms with van der Waals surface area (Å²) in [6, 6.07) is 16.4. The van der Waals surface area contributed by atoms with Gasteiger partial charge in [0.2, 0.25) is 29.6 Å². The Morgan fingerprint density at radius 1 is 0.768 bits per heavy atom. The number of rotatable bonds is 24. The molecular weight excluding hydrogens is 1350 g/mol. The molecule has 9 amide bonds. The standard InChI is InChI=1S/C58H72N18O21P2/c1-29(2)41(70-40(77)23-66-74-60)51(81)69-36(14-10-20-61-55(59)83)50(80)67-34-18-16-32(17-19-34)24-90-57(84)62-21-22-63-58(85)95-46-45-39(94-54(46)76-28-65-43-47(76)71-56(73-52(43)82)72-48(78)30(3)4)26-92-98(86,87)96-44-31(5)53(93-38(44)25-91-99(88,89)97-45)75-27-64-42-35(13-9-15-37(42)75)68-49(79)33-11-7-6-8-12-33/h6-9,11-13,15-19,27-31,36,38-39,41,44-46,53-54H,10,14,20-26H2,1-5H3,(H,62,84)(H,63,85)(H,67,80)(H,68,79)(H,69,81)(H,70,77)(H,86,87)(H,88,89)(H3,59,61,83)(H2,71,72,73,78,82)/t31-,36+,38?,39-,41+,44+,45-,46-,53-,54-/m1/s1. The number of amides is 9. The SMILES string of the molecule is CC(C)C(=O)Nc1nc2c(ncn2[C@@H]2O[C@@H]3COP(=O)(O)O[C@@H]4C(COP(=O)(O)O[C@H]3[C@H]2OC(=O)NCCNC(=O)OCc2ccc(NC(=O)[C@H](CCCNC(N)=O)NC(=O)[C@@H](NC(=O)CN=[N+]=[N-])C(C)C)cc2)O[C@@H](n2cnc3c(NC(=O)c5ccccc5)cccc32)[C@@H]4C)c(=O)[nH]1. The third-order valence-electron chi connectivity index (χ3n) is 15.5. The second kappa shape index (κ2) is 32.6. The maximum absolute atomic E-state index is 14.2. The van der Waals surface area contributed by atoms with Crippen LogP contribution in [0.5, 0.6) is 0 Å². The Labute approximate surface area is 561 Å². The van der Waals surface area contributed by atoms with Crippen molar-refractivity contribution < 1.29 is 94.3 Å². The van der Waals surface area contributed by atoms with Crippen LogP contribution in [0, 0.1) is 17.8 Å². The van der Waals surface area contributed by atoms with E-state index in [1.807, 2.05) is 0 Å². The number of para-hydroxylation sites is 1. The summed E-state index contributed by atoms with van der Waals surface area (Å²) in [5.74, 6) is -5.24. The summed E-state index contributed by atoms with van der Waals surface area (Å²) in [7, 11) is -10.6. The number of primary amides is 1. The molecule has 0 aliphatic carbocycles. The van der Waals surface area contributed by atoms with Crippen molar-refractivity contribution in [2.75, 3.05) is 55.3 Å². The summed E-state index contributed by atoms with van der Waals surface area (Å²) in [5, 5.41) is 23.6. The molecule has 530 valence electrons. The van der Waals surface area contributed by atoms with Crippen LogP contribution in [0.2, 0.25) is 0 Å². The first kappa shape index (κ1) is 73.3. The van der Waals surface area contributed by atoms with Gasteiger partial charge in [0.05, 0.1) is 37.1 Å². The molecule has 12 atom stereocenters. The van der Waals surface area contributed by atoms with Crippen molar-refractivity contribution in [2.24, 2.45) is 28.6 Å². The molecule has 0 radical (unpaired) electrons. The van der Waals surface area contributed by atoms with Crippen LogP contribution in [0.3, 0.4) is 0 Å². The molecule has 6 aromatic rings. The Balaban J connectivity index is 0.851. The van der Waals surface area contributed by atoms with E-state index < -0.39 is 162 Å². The largest absolute Gasteiger partial charge is 0.472 e. The molecule has 39 nitrogen and oxygen atoms in total. The fraction of sp³-hybridized carbons (Fsp3) is 0.448. The Morgan fingerprint density at radius 3 is 2.10 bits per heavy atom. The number of fused-ring (bicyclic) bond motifs is 4. The predicted molar refractivity (Wildman–Crippen MR) is 345 cm³/mol. The quantitative estimate of drug-likeness (QED) is 0.0135. The highest BCUT2D eigenvalue weighted by molar-refractivity contribution is 7.47. The van der Waals surface area contributed by atoms with E-state index in [0.717, 1.165) is 10.9 Å². The first-order chi connectivity index (χ1) is 47.2. The molecule has 0 bridgehead atoms. The van der Waals surface area contributed by atoms with Gasteiger partial charge in [0.25, 0.3) is 11.5 Å². The minimum atomic E-state index is -5.39. The number of phosphoric ester groups is 2. The number of anilines is 3. The number of nitrogens with one attached hydrogen (secondary N) is 9. The van der Waals surface area contributed by atoms with E-state index in [4.69, 9.17) is 48.3 Å². The Hall–Kier alpha value is -9.91. The van der Waals surface area contributed by atoms with Gasteiger partial charge in [0.15, 0.2) is 23.5 Å². The lowest BCUT2D eigenvalue weighted by molar-refractivity contribution is -0.131. The molecule has 9 rings (SSSR count). The highest BCUT2D eigenvalue weighted by Crippen LogP contribution is 2.55. The molecule has 3 fully saturated rings. The molecule has 3 aromatic carbocycles. The first-order valence-electron chi connectivity index (χ1n) is 30.8. The number of hydrogen-bond donors (Lipinski definition) is 12. The van der Waals surface area contributed by atoms with Gasteiger partial charge >= 0.3 is 33.9 Å². The van der Waals surface area contributed by atoms with E-state index in [9.17, 15) is 62.1 Å². The van der Waals surface area contributed by atoms with Crippen LogP contribution in [-0.2, 0) is 72.0 Å². The average molecular weight is 1420 g/mol. The van der Waals surface area contributed by atoms with Crippen molar-refractivity contribution >= 4 is 103 Å². The van der Waals surface area contributed by atoms with Crippen LogP contribution in [0.25, 0.3) is 32.6 Å². The summed E-state index contributed by atoms with van der Waals surface area (Å²) >= 11 is 0. The predicted octanol–water partition coefficient (Wildman–Crippen LogP) is 3.81. The number of nitrogens with two attached hydrogens (primary N) is 1. The molecule has 6 heterocycles. The van der Waals surface area contributed by atoms with Crippen LogP contribution < -0.4 is 53.8 Å². The number of azide groups is 1. The van der Waals surface area contributed by atoms with Gasteiger partial charge in [0.1, 0.15) is 61.4 Å². The highest BCUT2D eigenvalue weighted by Gasteiger charge is 2.55. The topological polar surface area (TPSA) is 537 Å². The number of hydrogen-bond acceptors (Lipinski definition) is 23. The first-order valence-corrected chi connectivity index (χ1v) is 33.8. The van der Waals surface area contributed by atoms with Gasteiger partial charge in [-0.15, -0.1) is 0 Å². The van der Waals surface area contributed by atoms with Crippen molar-refractivity contribution in [1.29, 1.82) is 0 Å². The van der Waals surface area contributed by atoms with Crippen molar-refractivity contribution in [3.05, 3.63) is 117 Å². The lowest BCUT2D eigenvalue weighted by Crippen LogP contribution is -2.55. The van der Waals surface area contributed by atoms with E-state index in [1.54, 1.807) is 87.7 Å². The fourth-order valence-electron chi connectivity index (χ4n) is 10.6. The van der Waals surface area contributed by atoms with E-state index in [-0.39, 0.29) is 61.9 Å². The van der Waals surface area contributed by atoms with Gasteiger partial charge in [-0.05, 0) is 66.3 Å². The van der Waals surface area contributed by atoms with Gasteiger partial charge in [-0.1, -0.05) is 76.1 Å². The molecule has 13 N–H and O–H groups in total. The number of benzene rings is 3. The third kappa shape index (κ3) is 19.1. The molecule has 3 saturated heterocycles. The molecule has 0 saturated carbocycles. The molecular formula is C58H72N18O21P2. The van der Waals surface area contributed by atoms with Gasteiger partial charge in [-0.25, -0.2) is 33.5 Å². The number of carbonyl (C=O) groups is 8. The second-order valence-corrected chi connectivity index (χ2v) is 26.2. The maximum atomic E-state index is 14.2. The van der Waals surface area contributed by atoms with Crippen LogP contribution in [-0.4, -0.2) is 169 Å². The molecule has 3 unspecified atom stereocenters. The zero-order valence-corrected chi connectivity index (χ0v) is 55.4. The number of aromatic nitrogens is 6. The van der Waals surface area contributed by atoms with E-state index in [0.29, 0.717) is 27.8 Å². The number of aromatic amines is 1. The maximum Gasteiger partial charge on any atom is 0.472 e. The Bertz CT molecular complexity index is 4170. The van der Waals surface area contributed by atoms with Crippen LogP contribution in [0.15, 0.2) is 95.4 Å². The van der Waals surface area contributed by atoms with Crippen LogP contribution in [0.4, 0.5) is 31.7 Å². The summed E-state index contributed by atoms with van der Waals surface area (Å²) in [6.07, 6.45) is -10.7. The number of nitrogens with zero attached hydrogens (tertiary/aromatic N) is 8. The number of imidazole rings is 2. The summed E-state index contributed by atoms with van der Waals surface area (Å²) in [6.45, 7) is 4.86.